The van der Waals surface area contributed by atoms with E-state index in [1.54, 1.807) is 42.7 Å². The van der Waals surface area contributed by atoms with Crippen LogP contribution < -0.4 is 4.31 Å². The Kier molecular flexibility index (Phi) is 5.09. The lowest BCUT2D eigenvalue weighted by atomic mass is 10.2. The highest BCUT2D eigenvalue weighted by Crippen LogP contribution is 2.23. The summed E-state index contributed by atoms with van der Waals surface area (Å²) in [6, 6.07) is 18.0. The maximum Gasteiger partial charge on any atom is 0.239 e. The highest BCUT2D eigenvalue weighted by Gasteiger charge is 2.23. The van der Waals surface area contributed by atoms with Crippen molar-refractivity contribution in [1.82, 2.24) is 4.98 Å². The summed E-state index contributed by atoms with van der Waals surface area (Å²) < 4.78 is 40.5. The molecule has 0 atom stereocenters. The van der Waals surface area contributed by atoms with Gasteiger partial charge in [-0.3, -0.25) is 9.29 Å². The van der Waals surface area contributed by atoms with Crippen LogP contribution in [0.4, 0.5) is 10.1 Å². The van der Waals surface area contributed by atoms with Gasteiger partial charge in [0, 0.05) is 12.4 Å². The van der Waals surface area contributed by atoms with Gasteiger partial charge in [0.1, 0.15) is 5.82 Å². The van der Waals surface area contributed by atoms with Crippen molar-refractivity contribution in [2.75, 3.05) is 4.31 Å². The van der Waals surface area contributed by atoms with Gasteiger partial charge in [0.15, 0.2) is 0 Å². The van der Waals surface area contributed by atoms with Gasteiger partial charge in [0.05, 0.1) is 18.0 Å². The second-order valence-electron chi connectivity index (χ2n) is 5.59. The minimum absolute atomic E-state index is 0.133. The van der Waals surface area contributed by atoms with Crippen LogP contribution in [0.15, 0.2) is 79.1 Å². The summed E-state index contributed by atoms with van der Waals surface area (Å²) in [7, 11) is -3.66. The molecule has 3 aromatic rings. The molecule has 128 valence electrons. The van der Waals surface area contributed by atoms with Crippen molar-refractivity contribution in [3.8, 4) is 0 Å². The lowest BCUT2D eigenvalue weighted by Gasteiger charge is -2.24. The molecule has 3 rings (SSSR count). The largest absolute Gasteiger partial charge is 0.265 e. The van der Waals surface area contributed by atoms with Crippen molar-refractivity contribution in [3.05, 3.63) is 96.1 Å². The van der Waals surface area contributed by atoms with Crippen LogP contribution in [0.2, 0.25) is 0 Å². The van der Waals surface area contributed by atoms with E-state index < -0.39 is 15.8 Å². The number of benzene rings is 2. The van der Waals surface area contributed by atoms with Gasteiger partial charge in [-0.15, -0.1) is 0 Å². The Bertz CT molecular complexity index is 915. The van der Waals surface area contributed by atoms with E-state index in [0.717, 1.165) is 5.56 Å². The quantitative estimate of drug-likeness (QED) is 0.676. The van der Waals surface area contributed by atoms with E-state index in [1.165, 1.54) is 28.6 Å². The zero-order chi connectivity index (χ0) is 17.7. The number of rotatable bonds is 6. The number of halogens is 1. The minimum Gasteiger partial charge on any atom is -0.265 e. The fourth-order valence-corrected chi connectivity index (χ4v) is 4.04. The first-order valence-corrected chi connectivity index (χ1v) is 9.34. The first-order chi connectivity index (χ1) is 12.0. The van der Waals surface area contributed by atoms with Gasteiger partial charge < -0.3 is 0 Å². The van der Waals surface area contributed by atoms with Gasteiger partial charge in [-0.05, 0) is 41.5 Å². The van der Waals surface area contributed by atoms with Gasteiger partial charge in [-0.2, -0.15) is 0 Å². The van der Waals surface area contributed by atoms with E-state index in [-0.39, 0.29) is 12.3 Å². The molecule has 0 saturated heterocycles. The molecule has 0 unspecified atom stereocenters. The summed E-state index contributed by atoms with van der Waals surface area (Å²) in [5.41, 5.74) is 1.87. The Labute approximate surface area is 146 Å². The molecule has 0 spiro atoms. The maximum absolute atomic E-state index is 13.2. The molecule has 4 nitrogen and oxygen atoms in total. The van der Waals surface area contributed by atoms with Crippen molar-refractivity contribution in [2.45, 2.75) is 12.3 Å². The van der Waals surface area contributed by atoms with Crippen molar-refractivity contribution in [3.63, 3.8) is 0 Å². The molecule has 0 N–H and O–H groups in total. The van der Waals surface area contributed by atoms with Gasteiger partial charge in [0.2, 0.25) is 10.0 Å². The van der Waals surface area contributed by atoms with Gasteiger partial charge >= 0.3 is 0 Å². The molecule has 0 aliphatic heterocycles. The van der Waals surface area contributed by atoms with Crippen LogP contribution in [0.3, 0.4) is 0 Å². The first-order valence-electron chi connectivity index (χ1n) is 7.73. The smallest absolute Gasteiger partial charge is 0.239 e. The highest BCUT2D eigenvalue weighted by molar-refractivity contribution is 7.92. The molecule has 0 aliphatic rings. The summed E-state index contributed by atoms with van der Waals surface area (Å²) in [6.45, 7) is 0.134. The number of hydrogen-bond donors (Lipinski definition) is 0. The van der Waals surface area contributed by atoms with Crippen LogP contribution >= 0.6 is 0 Å². The van der Waals surface area contributed by atoms with Crippen LogP contribution in [0.5, 0.6) is 0 Å². The van der Waals surface area contributed by atoms with Crippen LogP contribution in [0, 0.1) is 5.82 Å². The summed E-state index contributed by atoms with van der Waals surface area (Å²) >= 11 is 0. The van der Waals surface area contributed by atoms with Crippen LogP contribution in [-0.2, 0) is 22.3 Å². The molecule has 2 aromatic carbocycles. The van der Waals surface area contributed by atoms with E-state index >= 15 is 0 Å². The lowest BCUT2D eigenvalue weighted by Crippen LogP contribution is -2.31. The lowest BCUT2D eigenvalue weighted by molar-refractivity contribution is 0.589. The van der Waals surface area contributed by atoms with Crippen LogP contribution in [0.1, 0.15) is 11.1 Å². The molecule has 0 radical (unpaired) electrons. The summed E-state index contributed by atoms with van der Waals surface area (Å²) in [5.74, 6) is -0.545. The van der Waals surface area contributed by atoms with Gasteiger partial charge in [0.25, 0.3) is 0 Å². The predicted molar refractivity (Wildman–Crippen MR) is 95.9 cm³/mol. The third-order valence-electron chi connectivity index (χ3n) is 3.69. The van der Waals surface area contributed by atoms with Crippen molar-refractivity contribution < 1.29 is 12.8 Å². The Hall–Kier alpha value is -2.73. The van der Waals surface area contributed by atoms with Gasteiger partial charge in [-0.25, -0.2) is 12.8 Å². The molecule has 6 heteroatoms. The van der Waals surface area contributed by atoms with E-state index in [9.17, 15) is 12.8 Å². The van der Waals surface area contributed by atoms with E-state index in [0.29, 0.717) is 11.3 Å². The number of aromatic nitrogens is 1. The van der Waals surface area contributed by atoms with E-state index in [1.807, 2.05) is 12.1 Å². The number of pyridine rings is 1. The fraction of sp³-hybridized carbons (Fsp3) is 0.105. The van der Waals surface area contributed by atoms with Crippen LogP contribution in [0.25, 0.3) is 0 Å². The summed E-state index contributed by atoms with van der Waals surface area (Å²) in [5, 5.41) is 0. The first kappa shape index (κ1) is 17.1. The topological polar surface area (TPSA) is 50.3 Å². The Morgan fingerprint density at radius 3 is 2.20 bits per heavy atom. The highest BCUT2D eigenvalue weighted by atomic mass is 32.2. The summed E-state index contributed by atoms with van der Waals surface area (Å²) in [6.07, 6.45) is 3.25. The molecule has 1 heterocycles. The number of nitrogens with zero attached hydrogens (tertiary/aromatic N) is 2. The Morgan fingerprint density at radius 2 is 1.56 bits per heavy atom. The molecule has 0 saturated carbocycles. The number of sulfonamides is 1. The molecular weight excluding hydrogens is 339 g/mol. The average Bonchev–Trinajstić information content (AvgIpc) is 2.62. The normalized spacial score (nSPS) is 11.2. The Morgan fingerprint density at radius 1 is 0.880 bits per heavy atom. The Balaban J connectivity index is 1.96. The molecular formula is C19H17FN2O2S. The second-order valence-corrected chi connectivity index (χ2v) is 7.48. The molecule has 0 amide bonds. The van der Waals surface area contributed by atoms with E-state index in [4.69, 9.17) is 0 Å². The second kappa shape index (κ2) is 7.44. The van der Waals surface area contributed by atoms with Gasteiger partial charge in [-0.1, -0.05) is 36.4 Å². The number of hydrogen-bond acceptors (Lipinski definition) is 3. The summed E-state index contributed by atoms with van der Waals surface area (Å²) in [4.78, 5) is 4.03. The SMILES string of the molecule is O=S(=O)(Cc1ccccc1)N(Cc1cccnc1)c1ccc(F)cc1. The van der Waals surface area contributed by atoms with Crippen molar-refractivity contribution in [2.24, 2.45) is 0 Å². The zero-order valence-corrected chi connectivity index (χ0v) is 14.2. The van der Waals surface area contributed by atoms with Crippen LogP contribution in [-0.4, -0.2) is 13.4 Å². The maximum atomic E-state index is 13.2. The van der Waals surface area contributed by atoms with E-state index in [2.05, 4.69) is 4.98 Å². The van der Waals surface area contributed by atoms with Crippen molar-refractivity contribution in [1.29, 1.82) is 0 Å². The fourth-order valence-electron chi connectivity index (χ4n) is 2.48. The standard InChI is InChI=1S/C19H17FN2O2S/c20-18-8-10-19(11-9-18)22(14-17-7-4-12-21-13-17)25(23,24)15-16-5-2-1-3-6-16/h1-13H,14-15H2. The zero-order valence-electron chi connectivity index (χ0n) is 13.4. The molecule has 25 heavy (non-hydrogen) atoms. The number of anilines is 1. The van der Waals surface area contributed by atoms with Crippen molar-refractivity contribution >= 4 is 15.7 Å². The monoisotopic (exact) mass is 356 g/mol. The molecule has 0 bridgehead atoms. The average molecular weight is 356 g/mol. The molecule has 0 aliphatic carbocycles. The predicted octanol–water partition coefficient (Wildman–Crippen LogP) is 3.76. The molecule has 0 fully saturated rings. The third-order valence-corrected chi connectivity index (χ3v) is 5.40. The third kappa shape index (κ3) is 4.42. The molecule has 1 aromatic heterocycles. The minimum atomic E-state index is -3.66.